The Kier molecular flexibility index (Phi) is 6.66. The molecule has 2 aliphatic rings. The molecule has 27 heavy (non-hydrogen) atoms. The number of piperazine rings is 1. The van der Waals surface area contributed by atoms with Gasteiger partial charge in [-0.2, -0.15) is 0 Å². The Hall–Kier alpha value is -2.15. The molecule has 0 unspecified atom stereocenters. The molecule has 1 aromatic heterocycles. The first kappa shape index (κ1) is 19.6. The number of aryl methyl sites for hydroxylation is 2. The average molecular weight is 374 g/mol. The highest BCUT2D eigenvalue weighted by molar-refractivity contribution is 5.85. The van der Waals surface area contributed by atoms with Crippen LogP contribution in [0.25, 0.3) is 0 Å². The Morgan fingerprint density at radius 3 is 2.93 bits per heavy atom. The monoisotopic (exact) mass is 374 g/mol. The molecule has 3 rings (SSSR count). The van der Waals surface area contributed by atoms with Gasteiger partial charge in [-0.15, -0.1) is 0 Å². The first-order valence-corrected chi connectivity index (χ1v) is 10.0. The number of anilines is 1. The van der Waals surface area contributed by atoms with E-state index in [1.165, 1.54) is 16.9 Å². The van der Waals surface area contributed by atoms with Gasteiger partial charge in [0, 0.05) is 25.3 Å². The highest BCUT2D eigenvalue weighted by atomic mass is 16.4. The van der Waals surface area contributed by atoms with Crippen LogP contribution in [0, 0.1) is 0 Å². The molecule has 2 aliphatic heterocycles. The summed E-state index contributed by atoms with van der Waals surface area (Å²) in [5.74, 6) is 0.0374. The zero-order valence-electron chi connectivity index (χ0n) is 16.1. The number of hydrogen-bond donors (Lipinski definition) is 2. The normalized spacial score (nSPS) is 18.7. The van der Waals surface area contributed by atoms with Gasteiger partial charge in [-0.05, 0) is 57.2 Å². The third-order valence-corrected chi connectivity index (χ3v) is 5.52. The van der Waals surface area contributed by atoms with E-state index in [1.54, 1.807) is 6.92 Å². The van der Waals surface area contributed by atoms with Crippen LogP contribution in [-0.2, 0) is 22.4 Å². The number of unbranched alkanes of at least 4 members (excludes halogenated alkanes) is 2. The molecular weight excluding hydrogens is 344 g/mol. The molecule has 0 radical (unpaired) electrons. The number of carboxylic acid groups (broad SMARTS) is 1. The van der Waals surface area contributed by atoms with Crippen molar-refractivity contribution < 1.29 is 14.7 Å². The van der Waals surface area contributed by atoms with Gasteiger partial charge in [-0.3, -0.25) is 9.69 Å². The van der Waals surface area contributed by atoms with Crippen LogP contribution in [0.3, 0.4) is 0 Å². The first-order valence-electron chi connectivity index (χ1n) is 10.0. The maximum absolute atomic E-state index is 12.1. The van der Waals surface area contributed by atoms with Gasteiger partial charge in [0.1, 0.15) is 11.9 Å². The molecule has 0 saturated carbocycles. The average Bonchev–Trinajstić information content (AvgIpc) is 2.67. The van der Waals surface area contributed by atoms with Crippen molar-refractivity contribution in [3.05, 3.63) is 23.4 Å². The summed E-state index contributed by atoms with van der Waals surface area (Å²) in [4.78, 5) is 31.5. The standard InChI is InChI=1S/C20H30N4O3/c1-15(20(26)27)24-13-12-23(14-18(24)25)11-4-2-3-7-17-9-8-16-6-5-10-21-19(16)22-17/h8-9,15H,2-7,10-14H2,1H3,(H,21,22)(H,26,27)/t15-/m1/s1. The molecule has 3 heterocycles. The Balaban J connectivity index is 1.34. The molecule has 0 aromatic carbocycles. The van der Waals surface area contributed by atoms with Gasteiger partial charge in [0.15, 0.2) is 0 Å². The lowest BCUT2D eigenvalue weighted by Crippen LogP contribution is -2.55. The topological polar surface area (TPSA) is 85.8 Å². The van der Waals surface area contributed by atoms with Crippen LogP contribution in [0.2, 0.25) is 0 Å². The van der Waals surface area contributed by atoms with E-state index in [2.05, 4.69) is 22.3 Å². The number of aliphatic carboxylic acids is 1. The van der Waals surface area contributed by atoms with E-state index in [1.807, 2.05) is 0 Å². The number of carbonyl (C=O) groups is 2. The molecule has 148 valence electrons. The summed E-state index contributed by atoms with van der Waals surface area (Å²) < 4.78 is 0. The molecule has 1 amide bonds. The van der Waals surface area contributed by atoms with E-state index < -0.39 is 12.0 Å². The van der Waals surface area contributed by atoms with Gasteiger partial charge in [0.25, 0.3) is 0 Å². The molecular formula is C20H30N4O3. The van der Waals surface area contributed by atoms with Gasteiger partial charge in [0.2, 0.25) is 5.91 Å². The molecule has 1 saturated heterocycles. The second-order valence-corrected chi connectivity index (χ2v) is 7.53. The van der Waals surface area contributed by atoms with Crippen LogP contribution in [0.4, 0.5) is 5.82 Å². The molecule has 7 nitrogen and oxygen atoms in total. The van der Waals surface area contributed by atoms with Gasteiger partial charge >= 0.3 is 5.97 Å². The fourth-order valence-corrected chi connectivity index (χ4v) is 3.80. The molecule has 2 N–H and O–H groups in total. The Bertz CT molecular complexity index is 679. The van der Waals surface area contributed by atoms with Crippen LogP contribution >= 0.6 is 0 Å². The quantitative estimate of drug-likeness (QED) is 0.675. The maximum atomic E-state index is 12.1. The van der Waals surface area contributed by atoms with Crippen LogP contribution in [0.15, 0.2) is 12.1 Å². The number of nitrogens with one attached hydrogen (secondary N) is 1. The molecule has 0 bridgehead atoms. The van der Waals surface area contributed by atoms with Gasteiger partial charge < -0.3 is 15.3 Å². The number of aromatic nitrogens is 1. The lowest BCUT2D eigenvalue weighted by Gasteiger charge is -2.36. The summed E-state index contributed by atoms with van der Waals surface area (Å²) in [7, 11) is 0. The fraction of sp³-hybridized carbons (Fsp3) is 0.650. The molecule has 1 atom stereocenters. The number of pyridine rings is 1. The van der Waals surface area contributed by atoms with Crippen LogP contribution in [-0.4, -0.2) is 70.5 Å². The summed E-state index contributed by atoms with van der Waals surface area (Å²) in [6, 6.07) is 3.61. The third kappa shape index (κ3) is 5.19. The van der Waals surface area contributed by atoms with Crippen molar-refractivity contribution >= 4 is 17.7 Å². The summed E-state index contributed by atoms with van der Waals surface area (Å²) in [6.07, 6.45) is 6.53. The third-order valence-electron chi connectivity index (χ3n) is 5.52. The minimum atomic E-state index is -0.942. The Morgan fingerprint density at radius 1 is 1.30 bits per heavy atom. The number of fused-ring (bicyclic) bond motifs is 1. The van der Waals surface area contributed by atoms with Crippen LogP contribution < -0.4 is 5.32 Å². The zero-order valence-corrected chi connectivity index (χ0v) is 16.1. The highest BCUT2D eigenvalue weighted by Gasteiger charge is 2.30. The summed E-state index contributed by atoms with van der Waals surface area (Å²) in [6.45, 7) is 5.05. The van der Waals surface area contributed by atoms with E-state index in [4.69, 9.17) is 10.1 Å². The van der Waals surface area contributed by atoms with Crippen molar-refractivity contribution in [2.45, 2.75) is 51.5 Å². The molecule has 0 aliphatic carbocycles. The van der Waals surface area contributed by atoms with Crippen molar-refractivity contribution in [3.63, 3.8) is 0 Å². The van der Waals surface area contributed by atoms with E-state index in [-0.39, 0.29) is 5.91 Å². The molecule has 0 spiro atoms. The lowest BCUT2D eigenvalue weighted by atomic mass is 10.1. The van der Waals surface area contributed by atoms with Crippen LogP contribution in [0.1, 0.15) is 43.9 Å². The fourth-order valence-electron chi connectivity index (χ4n) is 3.80. The first-order chi connectivity index (χ1) is 13.0. The number of carboxylic acids is 1. The minimum Gasteiger partial charge on any atom is -0.480 e. The Labute approximate surface area is 160 Å². The van der Waals surface area contributed by atoms with Crippen molar-refractivity contribution in [1.82, 2.24) is 14.8 Å². The van der Waals surface area contributed by atoms with Gasteiger partial charge in [0.05, 0.1) is 6.54 Å². The van der Waals surface area contributed by atoms with E-state index in [9.17, 15) is 9.59 Å². The number of nitrogens with zero attached hydrogens (tertiary/aromatic N) is 3. The molecule has 7 heteroatoms. The second kappa shape index (κ2) is 9.17. The number of carbonyl (C=O) groups excluding carboxylic acids is 1. The summed E-state index contributed by atoms with van der Waals surface area (Å²) in [5, 5.41) is 12.4. The van der Waals surface area contributed by atoms with E-state index in [0.29, 0.717) is 13.1 Å². The number of hydrogen-bond acceptors (Lipinski definition) is 5. The predicted molar refractivity (Wildman–Crippen MR) is 104 cm³/mol. The van der Waals surface area contributed by atoms with Gasteiger partial charge in [-0.1, -0.05) is 12.5 Å². The Morgan fingerprint density at radius 2 is 2.15 bits per heavy atom. The van der Waals surface area contributed by atoms with Crippen LogP contribution in [0.5, 0.6) is 0 Å². The van der Waals surface area contributed by atoms with Crippen molar-refractivity contribution in [2.75, 3.05) is 38.0 Å². The largest absolute Gasteiger partial charge is 0.480 e. The maximum Gasteiger partial charge on any atom is 0.326 e. The molecule has 1 fully saturated rings. The number of rotatable bonds is 8. The number of amides is 1. The SMILES string of the molecule is C[C@H](C(=O)O)N1CCN(CCCCCc2ccc3c(n2)NCCC3)CC1=O. The van der Waals surface area contributed by atoms with Crippen molar-refractivity contribution in [1.29, 1.82) is 0 Å². The second-order valence-electron chi connectivity index (χ2n) is 7.53. The van der Waals surface area contributed by atoms with E-state index >= 15 is 0 Å². The lowest BCUT2D eigenvalue weighted by molar-refractivity contribution is -0.152. The highest BCUT2D eigenvalue weighted by Crippen LogP contribution is 2.20. The van der Waals surface area contributed by atoms with E-state index in [0.717, 1.165) is 63.3 Å². The van der Waals surface area contributed by atoms with Gasteiger partial charge in [-0.25, -0.2) is 9.78 Å². The van der Waals surface area contributed by atoms with Crippen molar-refractivity contribution in [3.8, 4) is 0 Å². The summed E-state index contributed by atoms with van der Waals surface area (Å²) in [5.41, 5.74) is 2.47. The smallest absolute Gasteiger partial charge is 0.326 e. The minimum absolute atomic E-state index is 0.0816. The summed E-state index contributed by atoms with van der Waals surface area (Å²) >= 11 is 0. The molecule has 1 aromatic rings. The predicted octanol–water partition coefficient (Wildman–Crippen LogP) is 1.77. The zero-order chi connectivity index (χ0) is 19.2. The van der Waals surface area contributed by atoms with Crippen molar-refractivity contribution in [2.24, 2.45) is 0 Å².